The average Bonchev–Trinajstić information content (AvgIpc) is 3.32. The molecule has 0 amide bonds. The molecule has 0 unspecified atom stereocenters. The lowest BCUT2D eigenvalue weighted by atomic mass is 9.81. The fourth-order valence-electron chi connectivity index (χ4n) is 4.31. The Labute approximate surface area is 191 Å². The Hall–Kier alpha value is -3.58. The summed E-state index contributed by atoms with van der Waals surface area (Å²) in [5, 5.41) is 1.70. The fourth-order valence-corrected chi connectivity index (χ4v) is 4.31. The summed E-state index contributed by atoms with van der Waals surface area (Å²) < 4.78 is 30.4. The second-order valence-electron chi connectivity index (χ2n) is 8.17. The predicted molar refractivity (Wildman–Crippen MR) is 119 cm³/mol. The number of hydrogen-bond acceptors (Lipinski definition) is 6. The zero-order valence-electron chi connectivity index (χ0n) is 18.0. The highest BCUT2D eigenvalue weighted by Gasteiger charge is 2.33. The van der Waals surface area contributed by atoms with Crippen molar-refractivity contribution in [2.24, 2.45) is 5.92 Å². The number of hydroxylamine groups is 2. The van der Waals surface area contributed by atoms with Crippen LogP contribution in [0.3, 0.4) is 0 Å². The van der Waals surface area contributed by atoms with Crippen molar-refractivity contribution in [3.8, 4) is 17.2 Å². The molecule has 0 spiro atoms. The first-order valence-corrected chi connectivity index (χ1v) is 11.0. The van der Waals surface area contributed by atoms with Crippen molar-refractivity contribution in [1.29, 1.82) is 0 Å². The van der Waals surface area contributed by atoms with Gasteiger partial charge in [0.1, 0.15) is 11.6 Å². The third kappa shape index (κ3) is 4.93. The summed E-state index contributed by atoms with van der Waals surface area (Å²) in [6.45, 7) is 1.70. The molecule has 0 radical (unpaired) electrons. The normalized spacial score (nSPS) is 19.8. The van der Waals surface area contributed by atoms with Crippen LogP contribution in [-0.4, -0.2) is 37.5 Å². The van der Waals surface area contributed by atoms with Crippen LogP contribution in [-0.2, 0) is 4.84 Å². The Morgan fingerprint density at radius 1 is 1.00 bits per heavy atom. The van der Waals surface area contributed by atoms with E-state index in [1.54, 1.807) is 29.3 Å². The second kappa shape index (κ2) is 9.50. The third-order valence-electron chi connectivity index (χ3n) is 6.02. The van der Waals surface area contributed by atoms with Crippen LogP contribution in [0.2, 0.25) is 0 Å². The molecule has 1 saturated heterocycles. The highest BCUT2D eigenvalue weighted by Crippen LogP contribution is 2.37. The number of hydrogen-bond donors (Lipinski definition) is 0. The molecule has 0 bridgehead atoms. The molecular weight excluding hydrogens is 425 g/mol. The number of rotatable bonds is 6. The number of fused-ring (bicyclic) bond motifs is 1. The lowest BCUT2D eigenvalue weighted by Gasteiger charge is -2.37. The van der Waals surface area contributed by atoms with Gasteiger partial charge in [-0.15, -0.1) is 5.06 Å². The maximum atomic E-state index is 13.5. The summed E-state index contributed by atoms with van der Waals surface area (Å²) in [5.41, 5.74) is 1.55. The van der Waals surface area contributed by atoms with Gasteiger partial charge in [-0.1, -0.05) is 30.3 Å². The van der Waals surface area contributed by atoms with E-state index in [-0.39, 0.29) is 30.4 Å². The monoisotopic (exact) mass is 449 g/mol. The fraction of sp³-hybridized carbons (Fsp3) is 0.269. The average molecular weight is 449 g/mol. The van der Waals surface area contributed by atoms with Crippen LogP contribution in [0.25, 0.3) is 0 Å². The van der Waals surface area contributed by atoms with Crippen molar-refractivity contribution >= 4 is 5.97 Å². The van der Waals surface area contributed by atoms with E-state index >= 15 is 0 Å². The maximum Gasteiger partial charge on any atom is 0.357 e. The van der Waals surface area contributed by atoms with Gasteiger partial charge in [-0.2, -0.15) is 0 Å². The minimum absolute atomic E-state index is 0.0261. The number of piperidine rings is 1. The third-order valence-corrected chi connectivity index (χ3v) is 6.02. The van der Waals surface area contributed by atoms with Gasteiger partial charge < -0.3 is 19.0 Å². The van der Waals surface area contributed by atoms with Gasteiger partial charge in [-0.3, -0.25) is 0 Å². The molecule has 2 aliphatic heterocycles. The molecule has 3 aromatic carbocycles. The molecule has 0 saturated carbocycles. The van der Waals surface area contributed by atoms with Gasteiger partial charge >= 0.3 is 5.97 Å². The molecular formula is C26H24FNO5. The molecule has 2 atom stereocenters. The zero-order valence-corrected chi connectivity index (χ0v) is 18.0. The molecule has 6 nitrogen and oxygen atoms in total. The van der Waals surface area contributed by atoms with E-state index in [1.807, 2.05) is 36.4 Å². The van der Waals surface area contributed by atoms with E-state index in [1.165, 1.54) is 12.1 Å². The number of benzene rings is 3. The van der Waals surface area contributed by atoms with E-state index in [2.05, 4.69) is 0 Å². The zero-order chi connectivity index (χ0) is 22.6. The maximum absolute atomic E-state index is 13.5. The van der Waals surface area contributed by atoms with Gasteiger partial charge in [0.05, 0.1) is 12.2 Å². The minimum atomic E-state index is -0.383. The van der Waals surface area contributed by atoms with Gasteiger partial charge in [0.25, 0.3) is 0 Å². The topological polar surface area (TPSA) is 57.2 Å². The molecule has 33 heavy (non-hydrogen) atoms. The van der Waals surface area contributed by atoms with Crippen LogP contribution < -0.4 is 14.2 Å². The predicted octanol–water partition coefficient (Wildman–Crippen LogP) is 4.81. The molecule has 170 valence electrons. The standard InChI is InChI=1S/C26H24FNO5/c27-21-8-6-18(7-9-21)23-12-13-28(33-26(29)19-4-2-1-3-5-19)15-20(23)16-30-22-10-11-24-25(14-22)32-17-31-24/h1-11,14,20,23H,12-13,15-17H2/t20-,23-/m0/s1. The van der Waals surface area contributed by atoms with Crippen molar-refractivity contribution in [1.82, 2.24) is 5.06 Å². The highest BCUT2D eigenvalue weighted by atomic mass is 19.1. The summed E-state index contributed by atoms with van der Waals surface area (Å²) in [7, 11) is 0. The van der Waals surface area contributed by atoms with Crippen molar-refractivity contribution < 1.29 is 28.2 Å². The van der Waals surface area contributed by atoms with Crippen LogP contribution in [0.15, 0.2) is 72.8 Å². The summed E-state index contributed by atoms with van der Waals surface area (Å²) in [4.78, 5) is 18.2. The number of ether oxygens (including phenoxy) is 3. The number of carbonyl (C=O) groups is 1. The molecule has 1 fully saturated rings. The van der Waals surface area contributed by atoms with E-state index < -0.39 is 0 Å². The van der Waals surface area contributed by atoms with Crippen LogP contribution in [0.5, 0.6) is 17.2 Å². The first kappa shape index (κ1) is 21.3. The van der Waals surface area contributed by atoms with Gasteiger partial charge in [-0.05, 0) is 54.3 Å². The lowest BCUT2D eigenvalue weighted by molar-refractivity contribution is -0.137. The Balaban J connectivity index is 1.30. The molecule has 0 aliphatic carbocycles. The van der Waals surface area contributed by atoms with Crippen molar-refractivity contribution in [2.75, 3.05) is 26.5 Å². The summed E-state index contributed by atoms with van der Waals surface area (Å²) in [6, 6.07) is 21.0. The van der Waals surface area contributed by atoms with Crippen molar-refractivity contribution in [2.45, 2.75) is 12.3 Å². The largest absolute Gasteiger partial charge is 0.493 e. The minimum Gasteiger partial charge on any atom is -0.493 e. The summed E-state index contributed by atoms with van der Waals surface area (Å²) >= 11 is 0. The molecule has 0 aromatic heterocycles. The van der Waals surface area contributed by atoms with Gasteiger partial charge in [-0.25, -0.2) is 9.18 Å². The molecule has 2 aliphatic rings. The van der Waals surface area contributed by atoms with Gasteiger partial charge in [0.15, 0.2) is 11.5 Å². The van der Waals surface area contributed by atoms with Crippen LogP contribution >= 0.6 is 0 Å². The van der Waals surface area contributed by atoms with Crippen molar-refractivity contribution in [3.63, 3.8) is 0 Å². The van der Waals surface area contributed by atoms with Crippen LogP contribution in [0.1, 0.15) is 28.3 Å². The molecule has 7 heteroatoms. The van der Waals surface area contributed by atoms with Crippen LogP contribution in [0.4, 0.5) is 4.39 Å². The smallest absolute Gasteiger partial charge is 0.357 e. The summed E-state index contributed by atoms with van der Waals surface area (Å²) in [5.74, 6) is 1.56. The Bertz CT molecular complexity index is 1110. The Kier molecular flexibility index (Phi) is 6.13. The Morgan fingerprint density at radius 3 is 2.61 bits per heavy atom. The van der Waals surface area contributed by atoms with E-state index in [4.69, 9.17) is 19.0 Å². The molecule has 0 N–H and O–H groups in total. The number of nitrogens with zero attached hydrogens (tertiary/aromatic N) is 1. The lowest BCUT2D eigenvalue weighted by Crippen LogP contribution is -2.42. The first-order valence-electron chi connectivity index (χ1n) is 11.0. The van der Waals surface area contributed by atoms with E-state index in [0.29, 0.717) is 42.5 Å². The molecule has 3 aromatic rings. The SMILES string of the molecule is O=C(ON1CC[C@@H](c2ccc(F)cc2)[C@H](COc2ccc3c(c2)OCO3)C1)c1ccccc1. The number of halogens is 1. The quantitative estimate of drug-likeness (QED) is 0.538. The second-order valence-corrected chi connectivity index (χ2v) is 8.17. The summed E-state index contributed by atoms with van der Waals surface area (Å²) in [6.07, 6.45) is 0.753. The highest BCUT2D eigenvalue weighted by molar-refractivity contribution is 5.89. The molecule has 2 heterocycles. The first-order chi connectivity index (χ1) is 16.2. The van der Waals surface area contributed by atoms with Crippen molar-refractivity contribution in [3.05, 3.63) is 89.7 Å². The molecule has 5 rings (SSSR count). The van der Waals surface area contributed by atoms with E-state index in [9.17, 15) is 9.18 Å². The Morgan fingerprint density at radius 2 is 1.79 bits per heavy atom. The van der Waals surface area contributed by atoms with Gasteiger partial charge in [0.2, 0.25) is 6.79 Å². The number of carbonyl (C=O) groups excluding carboxylic acids is 1. The van der Waals surface area contributed by atoms with E-state index in [0.717, 1.165) is 12.0 Å². The van der Waals surface area contributed by atoms with Gasteiger partial charge in [0, 0.05) is 25.1 Å². The van der Waals surface area contributed by atoms with Crippen LogP contribution in [0, 0.1) is 11.7 Å².